The molecule has 214 valence electrons. The van der Waals surface area contributed by atoms with Crippen molar-refractivity contribution in [3.05, 3.63) is 58.6 Å². The predicted octanol–water partition coefficient (Wildman–Crippen LogP) is 5.07. The molecular weight excluding hydrogens is 538 g/mol. The van der Waals surface area contributed by atoms with Crippen molar-refractivity contribution in [1.29, 1.82) is 0 Å². The van der Waals surface area contributed by atoms with Crippen LogP contribution in [0.1, 0.15) is 63.0 Å². The summed E-state index contributed by atoms with van der Waals surface area (Å²) < 4.78 is 31.7. The van der Waals surface area contributed by atoms with E-state index in [-0.39, 0.29) is 43.8 Å². The lowest BCUT2D eigenvalue weighted by Gasteiger charge is -2.31. The maximum atomic E-state index is 13.5. The van der Waals surface area contributed by atoms with E-state index in [0.29, 0.717) is 16.5 Å². The number of hydrogen-bond donors (Lipinski definition) is 1. The first-order valence-electron chi connectivity index (χ1n) is 13.5. The average Bonchev–Trinajstić information content (AvgIpc) is 2.91. The van der Waals surface area contributed by atoms with E-state index < -0.39 is 16.1 Å². The summed E-state index contributed by atoms with van der Waals surface area (Å²) in [6.07, 6.45) is 6.79. The quantitative estimate of drug-likeness (QED) is 0.380. The van der Waals surface area contributed by atoms with E-state index in [1.807, 2.05) is 31.2 Å². The number of amides is 2. The van der Waals surface area contributed by atoms with Crippen LogP contribution in [0.25, 0.3) is 0 Å². The summed E-state index contributed by atoms with van der Waals surface area (Å²) in [5.74, 6) is 0.321. The highest BCUT2D eigenvalue weighted by Crippen LogP contribution is 2.27. The van der Waals surface area contributed by atoms with Gasteiger partial charge in [-0.3, -0.25) is 13.9 Å². The molecule has 39 heavy (non-hydrogen) atoms. The van der Waals surface area contributed by atoms with Gasteiger partial charge in [0.25, 0.3) is 0 Å². The van der Waals surface area contributed by atoms with E-state index >= 15 is 0 Å². The number of hydrogen-bond acceptors (Lipinski definition) is 5. The maximum absolute atomic E-state index is 13.5. The molecule has 1 unspecified atom stereocenters. The minimum absolute atomic E-state index is 0.0861. The molecule has 0 bridgehead atoms. The highest BCUT2D eigenvalue weighted by atomic mass is 35.5. The van der Waals surface area contributed by atoms with E-state index in [1.54, 1.807) is 37.1 Å². The summed E-state index contributed by atoms with van der Waals surface area (Å²) in [4.78, 5) is 28.3. The van der Waals surface area contributed by atoms with E-state index in [2.05, 4.69) is 5.32 Å². The summed E-state index contributed by atoms with van der Waals surface area (Å²) >= 11 is 6.14. The molecule has 1 aliphatic carbocycles. The first-order chi connectivity index (χ1) is 18.5. The third-order valence-electron chi connectivity index (χ3n) is 7.22. The Morgan fingerprint density at radius 2 is 1.77 bits per heavy atom. The number of carbonyl (C=O) groups is 2. The maximum Gasteiger partial charge on any atom is 0.242 e. The monoisotopic (exact) mass is 577 g/mol. The second-order valence-electron chi connectivity index (χ2n) is 10.3. The molecule has 1 N–H and O–H groups in total. The number of sulfonamides is 1. The van der Waals surface area contributed by atoms with Gasteiger partial charge in [-0.05, 0) is 68.5 Å². The van der Waals surface area contributed by atoms with Crippen molar-refractivity contribution in [2.24, 2.45) is 0 Å². The van der Waals surface area contributed by atoms with Crippen molar-refractivity contribution in [3.8, 4) is 5.75 Å². The largest absolute Gasteiger partial charge is 0.497 e. The highest BCUT2D eigenvalue weighted by Gasteiger charge is 2.28. The standard InChI is InChI=1S/C29H40ClN3O5S/c1-21-12-15-24(30)19-27(21)33(39(4,36)37)18-8-11-28(34)32(20-23-13-16-26(38-3)17-14-23)22(2)29(35)31-25-9-6-5-7-10-25/h12-17,19,22,25H,5-11,18,20H2,1-4H3,(H,31,35). The summed E-state index contributed by atoms with van der Waals surface area (Å²) in [6, 6.07) is 11.9. The van der Waals surface area contributed by atoms with Crippen LogP contribution >= 0.6 is 11.6 Å². The SMILES string of the molecule is COc1ccc(CN(C(=O)CCCN(c2cc(Cl)ccc2C)S(C)(=O)=O)C(C)C(=O)NC2CCCCC2)cc1. The van der Waals surface area contributed by atoms with Gasteiger partial charge in [-0.1, -0.05) is 49.1 Å². The van der Waals surface area contributed by atoms with Crippen LogP contribution in [0.4, 0.5) is 5.69 Å². The van der Waals surface area contributed by atoms with Gasteiger partial charge in [0, 0.05) is 30.6 Å². The van der Waals surface area contributed by atoms with Crippen LogP contribution in [0.5, 0.6) is 5.75 Å². The van der Waals surface area contributed by atoms with E-state index in [9.17, 15) is 18.0 Å². The number of nitrogens with zero attached hydrogens (tertiary/aromatic N) is 2. The third-order valence-corrected chi connectivity index (χ3v) is 8.64. The Morgan fingerprint density at radius 1 is 1.10 bits per heavy atom. The molecular formula is C29H40ClN3O5S. The molecule has 1 atom stereocenters. The number of aryl methyl sites for hydroxylation is 1. The van der Waals surface area contributed by atoms with Gasteiger partial charge in [0.15, 0.2) is 0 Å². The van der Waals surface area contributed by atoms with E-state index in [1.165, 1.54) is 10.7 Å². The Morgan fingerprint density at radius 3 is 2.38 bits per heavy atom. The van der Waals surface area contributed by atoms with Gasteiger partial charge in [0.1, 0.15) is 11.8 Å². The summed E-state index contributed by atoms with van der Waals surface area (Å²) in [6.45, 7) is 3.94. The van der Waals surface area contributed by atoms with Gasteiger partial charge in [0.2, 0.25) is 21.8 Å². The second-order valence-corrected chi connectivity index (χ2v) is 12.6. The van der Waals surface area contributed by atoms with Crippen LogP contribution < -0.4 is 14.4 Å². The molecule has 10 heteroatoms. The molecule has 1 fully saturated rings. The summed E-state index contributed by atoms with van der Waals surface area (Å²) in [5, 5.41) is 3.57. The van der Waals surface area contributed by atoms with E-state index in [4.69, 9.17) is 16.3 Å². The third kappa shape index (κ3) is 8.86. The Labute approximate surface area is 237 Å². The van der Waals surface area contributed by atoms with Gasteiger partial charge in [-0.2, -0.15) is 0 Å². The fraction of sp³-hybridized carbons (Fsp3) is 0.517. The number of halogens is 1. The Kier molecular flexibility index (Phi) is 11.1. The van der Waals surface area contributed by atoms with Crippen LogP contribution in [0.15, 0.2) is 42.5 Å². The first kappa shape index (κ1) is 30.8. The number of benzene rings is 2. The van der Waals surface area contributed by atoms with Gasteiger partial charge in [0.05, 0.1) is 19.1 Å². The Balaban J connectivity index is 1.74. The number of methoxy groups -OCH3 is 1. The van der Waals surface area contributed by atoms with Crippen molar-refractivity contribution < 1.29 is 22.7 Å². The number of anilines is 1. The fourth-order valence-corrected chi connectivity index (χ4v) is 6.09. The van der Waals surface area contributed by atoms with Gasteiger partial charge >= 0.3 is 0 Å². The molecule has 2 aromatic rings. The molecule has 0 saturated heterocycles. The lowest BCUT2D eigenvalue weighted by Crippen LogP contribution is -2.50. The molecule has 3 rings (SSSR count). The summed E-state index contributed by atoms with van der Waals surface area (Å²) in [5.41, 5.74) is 2.13. The molecule has 2 amide bonds. The zero-order chi connectivity index (χ0) is 28.6. The zero-order valence-corrected chi connectivity index (χ0v) is 24.9. The minimum atomic E-state index is -3.60. The molecule has 0 aromatic heterocycles. The number of ether oxygens (including phenoxy) is 1. The Bertz CT molecular complexity index is 1230. The van der Waals surface area contributed by atoms with E-state index in [0.717, 1.165) is 43.1 Å². The Hall–Kier alpha value is -2.78. The molecule has 0 radical (unpaired) electrons. The molecule has 1 saturated carbocycles. The lowest BCUT2D eigenvalue weighted by atomic mass is 9.95. The molecule has 2 aromatic carbocycles. The smallest absolute Gasteiger partial charge is 0.242 e. The van der Waals surface area contributed by atoms with Crippen molar-refractivity contribution in [3.63, 3.8) is 0 Å². The van der Waals surface area contributed by atoms with Crippen molar-refractivity contribution in [2.75, 3.05) is 24.2 Å². The number of nitrogens with one attached hydrogen (secondary N) is 1. The molecule has 0 heterocycles. The average molecular weight is 578 g/mol. The number of carbonyl (C=O) groups excluding carboxylic acids is 2. The molecule has 1 aliphatic rings. The van der Waals surface area contributed by atoms with Crippen LogP contribution in [0, 0.1) is 6.92 Å². The van der Waals surface area contributed by atoms with Crippen molar-refractivity contribution in [1.82, 2.24) is 10.2 Å². The van der Waals surface area contributed by atoms with Crippen molar-refractivity contribution >= 4 is 39.1 Å². The zero-order valence-electron chi connectivity index (χ0n) is 23.3. The molecule has 0 spiro atoms. The van der Waals surface area contributed by atoms with Crippen LogP contribution in [0.2, 0.25) is 5.02 Å². The second kappa shape index (κ2) is 14.0. The normalized spacial score (nSPS) is 14.9. The van der Waals surface area contributed by atoms with Gasteiger partial charge in [-0.15, -0.1) is 0 Å². The van der Waals surface area contributed by atoms with Crippen molar-refractivity contribution in [2.45, 2.75) is 77.4 Å². The minimum Gasteiger partial charge on any atom is -0.497 e. The fourth-order valence-electron chi connectivity index (χ4n) is 4.91. The van der Waals surface area contributed by atoms with Gasteiger partial charge < -0.3 is 15.0 Å². The molecule has 8 nitrogen and oxygen atoms in total. The first-order valence-corrected chi connectivity index (χ1v) is 15.7. The predicted molar refractivity (Wildman–Crippen MR) is 156 cm³/mol. The van der Waals surface area contributed by atoms with Gasteiger partial charge in [-0.25, -0.2) is 8.42 Å². The highest BCUT2D eigenvalue weighted by molar-refractivity contribution is 7.92. The van der Waals surface area contributed by atoms with Crippen LogP contribution in [-0.4, -0.2) is 57.1 Å². The number of rotatable bonds is 12. The molecule has 0 aliphatic heterocycles. The summed E-state index contributed by atoms with van der Waals surface area (Å²) in [7, 11) is -2.01. The topological polar surface area (TPSA) is 96.0 Å². The lowest BCUT2D eigenvalue weighted by molar-refractivity contribution is -0.141. The van der Waals surface area contributed by atoms with Crippen LogP contribution in [-0.2, 0) is 26.2 Å². The van der Waals surface area contributed by atoms with Crippen LogP contribution in [0.3, 0.4) is 0 Å².